The molecule has 0 aliphatic rings. The van der Waals surface area contributed by atoms with Crippen molar-refractivity contribution in [3.63, 3.8) is 0 Å². The fourth-order valence-corrected chi connectivity index (χ4v) is 2.70. The van der Waals surface area contributed by atoms with Crippen molar-refractivity contribution in [1.29, 1.82) is 0 Å². The van der Waals surface area contributed by atoms with Crippen LogP contribution in [-0.4, -0.2) is 25.0 Å². The van der Waals surface area contributed by atoms with Gasteiger partial charge in [0.25, 0.3) is 0 Å². The molecule has 8 nitrogen and oxygen atoms in total. The number of halogens is 4. The molecule has 0 aliphatic heterocycles. The number of aromatic nitrogens is 5. The van der Waals surface area contributed by atoms with E-state index in [2.05, 4.69) is 68.1 Å². The zero-order chi connectivity index (χ0) is 23.9. The zero-order valence-electron chi connectivity index (χ0n) is 17.4. The van der Waals surface area contributed by atoms with Gasteiger partial charge in [0.15, 0.2) is 0 Å². The monoisotopic (exact) mass is 568 g/mol. The second kappa shape index (κ2) is 15.0. The van der Waals surface area contributed by atoms with E-state index in [0.717, 1.165) is 30.3 Å². The summed E-state index contributed by atoms with van der Waals surface area (Å²) in [5.74, 6) is 1.63. The average Bonchev–Trinajstić information content (AvgIpc) is 3.25. The van der Waals surface area contributed by atoms with E-state index in [-0.39, 0.29) is 12.4 Å². The summed E-state index contributed by atoms with van der Waals surface area (Å²) in [4.78, 5) is 10.1. The molecule has 0 bridgehead atoms. The lowest BCUT2D eigenvalue weighted by Crippen LogP contribution is -2.02. The van der Waals surface area contributed by atoms with Crippen LogP contribution in [0.15, 0.2) is 45.0 Å². The molecule has 3 rings (SSSR count). The van der Waals surface area contributed by atoms with Gasteiger partial charge in [-0.25, -0.2) is 23.4 Å². The van der Waals surface area contributed by atoms with Crippen LogP contribution in [0, 0.1) is 24.0 Å². The Kier molecular flexibility index (Phi) is 12.7. The van der Waals surface area contributed by atoms with Gasteiger partial charge in [-0.1, -0.05) is 24.2 Å². The molecule has 0 aliphatic carbocycles. The molecule has 168 valence electrons. The van der Waals surface area contributed by atoms with E-state index in [9.17, 15) is 8.78 Å². The van der Waals surface area contributed by atoms with Crippen LogP contribution in [0.1, 0.15) is 37.1 Å². The summed E-state index contributed by atoms with van der Waals surface area (Å²) < 4.78 is 28.3. The molecule has 0 saturated heterocycles. The predicted molar refractivity (Wildman–Crippen MR) is 124 cm³/mol. The number of pyridine rings is 2. The summed E-state index contributed by atoms with van der Waals surface area (Å²) in [6.07, 6.45) is 10.6. The minimum absolute atomic E-state index is 0.0991. The van der Waals surface area contributed by atoms with E-state index >= 15 is 0 Å². The summed E-state index contributed by atoms with van der Waals surface area (Å²) >= 11 is 6.37. The molecule has 0 amide bonds. The fraction of sp³-hybridized carbons (Fsp3) is 0.300. The first-order valence-corrected chi connectivity index (χ1v) is 10.9. The molecule has 0 spiro atoms. The highest BCUT2D eigenvalue weighted by Crippen LogP contribution is 2.16. The number of nitrogens with zero attached hydrogens (tertiary/aromatic N) is 8. The summed E-state index contributed by atoms with van der Waals surface area (Å²) in [6.45, 7) is 4.51. The third kappa shape index (κ3) is 9.96. The van der Waals surface area contributed by atoms with Crippen molar-refractivity contribution in [3.05, 3.63) is 78.8 Å². The van der Waals surface area contributed by atoms with E-state index in [1.165, 1.54) is 18.3 Å². The fourth-order valence-electron chi connectivity index (χ4n) is 2.01. The molecular formula is C20H20Br2F2N8. The average molecular weight is 570 g/mol. The van der Waals surface area contributed by atoms with Gasteiger partial charge in [0, 0.05) is 23.1 Å². The normalized spacial score (nSPS) is 9.41. The van der Waals surface area contributed by atoms with Crippen LogP contribution in [0.3, 0.4) is 0 Å². The van der Waals surface area contributed by atoms with Crippen LogP contribution in [0.25, 0.3) is 10.4 Å². The maximum Gasteiger partial charge on any atom is 0.141 e. The molecule has 3 aromatic rings. The zero-order valence-corrected chi connectivity index (χ0v) is 20.6. The van der Waals surface area contributed by atoms with Crippen molar-refractivity contribution in [1.82, 2.24) is 25.0 Å². The number of terminal acetylenes is 1. The first-order valence-electron chi connectivity index (χ1n) is 9.27. The molecule has 3 heterocycles. The molecule has 3 aromatic heterocycles. The number of rotatable bonds is 5. The molecule has 0 saturated carbocycles. The van der Waals surface area contributed by atoms with Crippen LogP contribution < -0.4 is 0 Å². The topological polar surface area (TPSA) is 105 Å². The molecule has 12 heteroatoms. The van der Waals surface area contributed by atoms with Gasteiger partial charge < -0.3 is 0 Å². The Hall–Kier alpha value is -2.87. The molecule has 0 N–H and O–H groups in total. The highest BCUT2D eigenvalue weighted by atomic mass is 79.9. The quantitative estimate of drug-likeness (QED) is 0.123. The Bertz CT molecular complexity index is 1090. The van der Waals surface area contributed by atoms with E-state index in [1.807, 2.05) is 20.0 Å². The smallest absolute Gasteiger partial charge is 0.141 e. The Morgan fingerprint density at radius 2 is 1.69 bits per heavy atom. The lowest BCUT2D eigenvalue weighted by molar-refractivity contribution is 0.604. The standard InChI is InChI=1S/C10H10BrFN4.C6H4BrFN4.C4H6/c1-2-9-6-16(15-14-9)5-7-3-8(12)4-13-10(7)11;7-6-4(2-11-12-9)1-5(8)3-10-6;1-3-4-2/h3-4,6H,2,5H2,1H3;1,3H,2H2;1H,4H2,2H3. The summed E-state index contributed by atoms with van der Waals surface area (Å²) in [5, 5.41) is 11.2. The predicted octanol–water partition coefficient (Wildman–Crippen LogP) is 6.01. The Balaban J connectivity index is 0.000000283. The van der Waals surface area contributed by atoms with Crippen LogP contribution in [0.5, 0.6) is 0 Å². The van der Waals surface area contributed by atoms with E-state index in [0.29, 0.717) is 21.3 Å². The Morgan fingerprint density at radius 3 is 2.19 bits per heavy atom. The molecular weight excluding hydrogens is 550 g/mol. The van der Waals surface area contributed by atoms with Crippen LogP contribution >= 0.6 is 31.9 Å². The summed E-state index contributed by atoms with van der Waals surface area (Å²) in [6, 6.07) is 2.70. The maximum absolute atomic E-state index is 13.0. The van der Waals surface area contributed by atoms with Crippen molar-refractivity contribution < 1.29 is 8.78 Å². The minimum atomic E-state index is -0.443. The first kappa shape index (κ1) is 27.2. The van der Waals surface area contributed by atoms with Gasteiger partial charge >= 0.3 is 0 Å². The van der Waals surface area contributed by atoms with Crippen LogP contribution in [0.2, 0.25) is 0 Å². The second-order valence-corrected chi connectivity index (χ2v) is 7.42. The molecule has 0 aromatic carbocycles. The molecule has 0 atom stereocenters. The van der Waals surface area contributed by atoms with Crippen molar-refractivity contribution in [2.24, 2.45) is 5.11 Å². The molecule has 32 heavy (non-hydrogen) atoms. The largest absolute Gasteiger partial charge is 0.248 e. The highest BCUT2D eigenvalue weighted by Gasteiger charge is 2.06. The number of hydrogen-bond donors (Lipinski definition) is 0. The number of hydrogen-bond acceptors (Lipinski definition) is 5. The minimum Gasteiger partial charge on any atom is -0.248 e. The van der Waals surface area contributed by atoms with Gasteiger partial charge in [0.05, 0.1) is 31.2 Å². The van der Waals surface area contributed by atoms with Gasteiger partial charge in [-0.2, -0.15) is 0 Å². The van der Waals surface area contributed by atoms with Gasteiger partial charge in [0.2, 0.25) is 0 Å². The van der Waals surface area contributed by atoms with E-state index < -0.39 is 5.82 Å². The maximum atomic E-state index is 13.0. The lowest BCUT2D eigenvalue weighted by Gasteiger charge is -2.02. The first-order chi connectivity index (χ1) is 15.3. The van der Waals surface area contributed by atoms with Crippen molar-refractivity contribution >= 4 is 31.9 Å². The van der Waals surface area contributed by atoms with Crippen molar-refractivity contribution in [3.8, 4) is 12.3 Å². The highest BCUT2D eigenvalue weighted by molar-refractivity contribution is 9.10. The van der Waals surface area contributed by atoms with Crippen LogP contribution in [0.4, 0.5) is 8.78 Å². The Labute approximate surface area is 201 Å². The van der Waals surface area contributed by atoms with E-state index in [4.69, 9.17) is 12.0 Å². The van der Waals surface area contributed by atoms with Gasteiger partial charge in [-0.3, -0.25) is 0 Å². The third-order valence-electron chi connectivity index (χ3n) is 3.55. The SMILES string of the molecule is C#CCC.CCc1cn(Cc2cc(F)cnc2Br)nn1.[N-]=[N+]=NCc1cc(F)cnc1Br. The molecule has 0 radical (unpaired) electrons. The molecule has 0 fully saturated rings. The van der Waals surface area contributed by atoms with Gasteiger partial charge in [-0.15, -0.1) is 17.4 Å². The second-order valence-electron chi connectivity index (χ2n) is 5.91. The van der Waals surface area contributed by atoms with Gasteiger partial charge in [0.1, 0.15) is 20.8 Å². The van der Waals surface area contributed by atoms with Gasteiger partial charge in [-0.05, 0) is 61.5 Å². The number of aryl methyl sites for hydroxylation is 1. The Morgan fingerprint density at radius 1 is 1.12 bits per heavy atom. The number of azide groups is 1. The van der Waals surface area contributed by atoms with Crippen molar-refractivity contribution in [2.75, 3.05) is 0 Å². The summed E-state index contributed by atoms with van der Waals surface area (Å²) in [7, 11) is 0. The summed E-state index contributed by atoms with van der Waals surface area (Å²) in [5.41, 5.74) is 10.2. The van der Waals surface area contributed by atoms with Crippen molar-refractivity contribution in [2.45, 2.75) is 39.8 Å². The van der Waals surface area contributed by atoms with Crippen LogP contribution in [-0.2, 0) is 19.5 Å². The molecule has 0 unspecified atom stereocenters. The lowest BCUT2D eigenvalue weighted by atomic mass is 10.3. The third-order valence-corrected chi connectivity index (χ3v) is 4.97. The van der Waals surface area contributed by atoms with E-state index in [1.54, 1.807) is 4.68 Å².